The third kappa shape index (κ3) is 1.86. The van der Waals surface area contributed by atoms with E-state index in [1.54, 1.807) is 6.92 Å². The molecule has 0 radical (unpaired) electrons. The summed E-state index contributed by atoms with van der Waals surface area (Å²) in [6, 6.07) is 1.53. The van der Waals surface area contributed by atoms with Gasteiger partial charge in [-0.1, -0.05) is 0 Å². The van der Waals surface area contributed by atoms with Gasteiger partial charge in [0.05, 0.1) is 11.8 Å². The van der Waals surface area contributed by atoms with Crippen molar-refractivity contribution in [2.75, 3.05) is 6.54 Å². The summed E-state index contributed by atoms with van der Waals surface area (Å²) in [5.74, 6) is -1.28. The Morgan fingerprint density at radius 1 is 1.59 bits per heavy atom. The number of carbonyl (C=O) groups excluding carboxylic acids is 1. The number of carboxylic acid groups (broad SMARTS) is 1. The monoisotopic (exact) mass is 301 g/mol. The summed E-state index contributed by atoms with van der Waals surface area (Å²) in [4.78, 5) is 24.9. The molecule has 1 aliphatic heterocycles. The molecule has 1 aromatic heterocycles. The van der Waals surface area contributed by atoms with Crippen molar-refractivity contribution in [3.63, 3.8) is 0 Å². The summed E-state index contributed by atoms with van der Waals surface area (Å²) < 4.78 is 5.33. The summed E-state index contributed by atoms with van der Waals surface area (Å²) in [6.45, 7) is 2.04. The van der Waals surface area contributed by atoms with Crippen LogP contribution in [0.15, 0.2) is 21.4 Å². The fourth-order valence-corrected chi connectivity index (χ4v) is 2.51. The summed E-state index contributed by atoms with van der Waals surface area (Å²) in [6.07, 6.45) is 2.57. The number of rotatable bonds is 2. The molecule has 1 unspecified atom stereocenters. The van der Waals surface area contributed by atoms with Gasteiger partial charge in [0.2, 0.25) is 0 Å². The Labute approximate surface area is 107 Å². The van der Waals surface area contributed by atoms with Crippen molar-refractivity contribution in [1.82, 2.24) is 4.90 Å². The van der Waals surface area contributed by atoms with Gasteiger partial charge in [0.1, 0.15) is 5.54 Å². The number of amides is 1. The van der Waals surface area contributed by atoms with E-state index in [1.807, 2.05) is 0 Å². The Hall–Kier alpha value is -1.30. The molecule has 1 aromatic rings. The molecule has 1 aliphatic rings. The number of furan rings is 1. The van der Waals surface area contributed by atoms with E-state index in [0.717, 1.165) is 0 Å². The highest BCUT2D eigenvalue weighted by molar-refractivity contribution is 9.10. The Kier molecular flexibility index (Phi) is 2.99. The van der Waals surface area contributed by atoms with Crippen LogP contribution < -0.4 is 0 Å². The van der Waals surface area contributed by atoms with Crippen LogP contribution in [-0.4, -0.2) is 34.0 Å². The highest BCUT2D eigenvalue weighted by Gasteiger charge is 2.46. The zero-order valence-corrected chi connectivity index (χ0v) is 10.9. The maximum absolute atomic E-state index is 12.2. The van der Waals surface area contributed by atoms with Crippen molar-refractivity contribution < 1.29 is 19.1 Å². The normalized spacial score (nSPS) is 24.0. The van der Waals surface area contributed by atoms with Crippen LogP contribution >= 0.6 is 15.9 Å². The largest absolute Gasteiger partial charge is 0.480 e. The van der Waals surface area contributed by atoms with Crippen LogP contribution in [0.25, 0.3) is 0 Å². The number of aliphatic carboxylic acids is 1. The highest BCUT2D eigenvalue weighted by atomic mass is 79.9. The van der Waals surface area contributed by atoms with Crippen molar-refractivity contribution in [2.24, 2.45) is 0 Å². The lowest BCUT2D eigenvalue weighted by Crippen LogP contribution is -2.50. The van der Waals surface area contributed by atoms with Crippen molar-refractivity contribution >= 4 is 27.8 Å². The van der Waals surface area contributed by atoms with Gasteiger partial charge in [-0.2, -0.15) is 0 Å². The third-order valence-corrected chi connectivity index (χ3v) is 3.81. The zero-order chi connectivity index (χ0) is 12.6. The van der Waals surface area contributed by atoms with E-state index in [-0.39, 0.29) is 5.91 Å². The number of carbonyl (C=O) groups is 2. The van der Waals surface area contributed by atoms with E-state index >= 15 is 0 Å². The number of hydrogen-bond acceptors (Lipinski definition) is 3. The first kappa shape index (κ1) is 12.2. The predicted molar refractivity (Wildman–Crippen MR) is 62.7 cm³/mol. The lowest BCUT2D eigenvalue weighted by atomic mass is 9.99. The van der Waals surface area contributed by atoms with Crippen LogP contribution in [0, 0.1) is 0 Å². The molecule has 0 saturated carbocycles. The molecular formula is C11H12BrNO4. The minimum Gasteiger partial charge on any atom is -0.480 e. The molecule has 1 amide bonds. The molecule has 1 N–H and O–H groups in total. The van der Waals surface area contributed by atoms with Crippen LogP contribution in [0.5, 0.6) is 0 Å². The number of nitrogens with zero attached hydrogens (tertiary/aromatic N) is 1. The van der Waals surface area contributed by atoms with Gasteiger partial charge in [0, 0.05) is 6.54 Å². The maximum atomic E-state index is 12.2. The van der Waals surface area contributed by atoms with Gasteiger partial charge >= 0.3 is 5.97 Å². The fraction of sp³-hybridized carbons (Fsp3) is 0.455. The molecule has 5 nitrogen and oxygen atoms in total. The van der Waals surface area contributed by atoms with E-state index in [9.17, 15) is 14.7 Å². The first-order valence-electron chi connectivity index (χ1n) is 5.25. The SMILES string of the molecule is CC1(C(=O)O)CCCN1C(=O)c1ccoc1Br. The highest BCUT2D eigenvalue weighted by Crippen LogP contribution is 2.32. The van der Waals surface area contributed by atoms with Crippen molar-refractivity contribution in [3.05, 3.63) is 22.6 Å². The Balaban J connectivity index is 2.32. The molecule has 17 heavy (non-hydrogen) atoms. The maximum Gasteiger partial charge on any atom is 0.329 e. The average Bonchev–Trinajstić information content (AvgIpc) is 2.84. The molecule has 1 fully saturated rings. The van der Waals surface area contributed by atoms with E-state index in [2.05, 4.69) is 15.9 Å². The second-order valence-electron chi connectivity index (χ2n) is 4.25. The van der Waals surface area contributed by atoms with Crippen molar-refractivity contribution in [3.8, 4) is 0 Å². The molecule has 0 spiro atoms. The predicted octanol–water partition coefficient (Wildman–Crippen LogP) is 2.12. The van der Waals surface area contributed by atoms with Gasteiger partial charge in [-0.15, -0.1) is 0 Å². The van der Waals surface area contributed by atoms with Crippen molar-refractivity contribution in [1.29, 1.82) is 0 Å². The lowest BCUT2D eigenvalue weighted by Gasteiger charge is -2.30. The number of carboxylic acids is 1. The van der Waals surface area contributed by atoms with Gasteiger partial charge in [-0.3, -0.25) is 4.79 Å². The molecule has 0 aliphatic carbocycles. The topological polar surface area (TPSA) is 70.8 Å². The van der Waals surface area contributed by atoms with Gasteiger partial charge in [-0.05, 0) is 41.8 Å². The van der Waals surface area contributed by atoms with Gasteiger partial charge in [0.25, 0.3) is 5.91 Å². The Morgan fingerprint density at radius 3 is 2.82 bits per heavy atom. The molecule has 2 heterocycles. The number of halogens is 1. The van der Waals surface area contributed by atoms with Gasteiger partial charge in [0.15, 0.2) is 4.67 Å². The molecule has 92 valence electrons. The molecule has 2 rings (SSSR count). The standard InChI is InChI=1S/C11H12BrNO4/c1-11(10(15)16)4-2-5-13(11)9(14)7-3-6-17-8(7)12/h3,6H,2,4-5H2,1H3,(H,15,16). The minimum atomic E-state index is -1.12. The van der Waals surface area contributed by atoms with E-state index in [0.29, 0.717) is 29.6 Å². The Morgan fingerprint density at radius 2 is 2.29 bits per heavy atom. The van der Waals surface area contributed by atoms with Crippen LogP contribution in [0.3, 0.4) is 0 Å². The molecule has 0 aromatic carbocycles. The van der Waals surface area contributed by atoms with E-state index in [4.69, 9.17) is 4.42 Å². The summed E-state index contributed by atoms with van der Waals surface area (Å²) >= 11 is 3.13. The fourth-order valence-electron chi connectivity index (χ4n) is 2.10. The lowest BCUT2D eigenvalue weighted by molar-refractivity contribution is -0.147. The van der Waals surface area contributed by atoms with E-state index < -0.39 is 11.5 Å². The molecule has 6 heteroatoms. The second kappa shape index (κ2) is 4.18. The van der Waals surface area contributed by atoms with Crippen LogP contribution in [0.2, 0.25) is 0 Å². The number of hydrogen-bond donors (Lipinski definition) is 1. The number of likely N-dealkylation sites (tertiary alicyclic amines) is 1. The minimum absolute atomic E-state index is 0.312. The second-order valence-corrected chi connectivity index (χ2v) is 4.97. The van der Waals surface area contributed by atoms with Crippen LogP contribution in [-0.2, 0) is 4.79 Å². The Bertz CT molecular complexity index is 470. The van der Waals surface area contributed by atoms with Crippen LogP contribution in [0.1, 0.15) is 30.1 Å². The summed E-state index contributed by atoms with van der Waals surface area (Å²) in [7, 11) is 0. The first-order chi connectivity index (χ1) is 7.97. The van der Waals surface area contributed by atoms with Crippen LogP contribution in [0.4, 0.5) is 0 Å². The van der Waals surface area contributed by atoms with Gasteiger partial charge in [-0.25, -0.2) is 4.79 Å². The zero-order valence-electron chi connectivity index (χ0n) is 9.27. The average molecular weight is 302 g/mol. The first-order valence-corrected chi connectivity index (χ1v) is 6.04. The molecule has 1 saturated heterocycles. The smallest absolute Gasteiger partial charge is 0.329 e. The third-order valence-electron chi connectivity index (χ3n) is 3.20. The summed E-state index contributed by atoms with van der Waals surface area (Å²) in [5, 5.41) is 9.23. The molecule has 0 bridgehead atoms. The molecular weight excluding hydrogens is 290 g/mol. The molecule has 1 atom stereocenters. The van der Waals surface area contributed by atoms with E-state index in [1.165, 1.54) is 17.2 Å². The quantitative estimate of drug-likeness (QED) is 0.908. The van der Waals surface area contributed by atoms with Gasteiger partial charge < -0.3 is 14.4 Å². The summed E-state index contributed by atoms with van der Waals surface area (Å²) in [5.41, 5.74) is -0.757. The van der Waals surface area contributed by atoms with Crippen molar-refractivity contribution in [2.45, 2.75) is 25.3 Å².